The molecule has 0 aromatic heterocycles. The van der Waals surface area contributed by atoms with Crippen molar-refractivity contribution in [3.63, 3.8) is 0 Å². The Morgan fingerprint density at radius 3 is 1.50 bits per heavy atom. The van der Waals surface area contributed by atoms with Gasteiger partial charge in [0, 0.05) is 6.42 Å². The van der Waals surface area contributed by atoms with Gasteiger partial charge in [0.05, 0.1) is 6.61 Å². The van der Waals surface area contributed by atoms with Gasteiger partial charge in [0.25, 0.3) is 0 Å². The molecule has 156 valence electrons. The van der Waals surface area contributed by atoms with Crippen LogP contribution in [-0.2, 0) is 9.53 Å². The molecule has 26 heavy (non-hydrogen) atoms. The molecule has 0 bridgehead atoms. The molecule has 4 nitrogen and oxygen atoms in total. The average molecular weight is 373 g/mol. The van der Waals surface area contributed by atoms with E-state index in [1.165, 1.54) is 89.9 Å². The van der Waals surface area contributed by atoms with E-state index in [2.05, 4.69) is 6.92 Å². The number of rotatable bonds is 20. The molecular weight excluding hydrogens is 328 g/mol. The van der Waals surface area contributed by atoms with E-state index in [1.807, 2.05) is 0 Å². The first-order chi connectivity index (χ1) is 12.7. The third kappa shape index (κ3) is 19.7. The van der Waals surface area contributed by atoms with Gasteiger partial charge in [-0.25, -0.2) is 0 Å². The molecule has 1 atom stereocenters. The predicted molar refractivity (Wildman–Crippen MR) is 108 cm³/mol. The second-order valence-corrected chi connectivity index (χ2v) is 7.57. The maximum absolute atomic E-state index is 11.4. The molecule has 0 fully saturated rings. The normalized spacial score (nSPS) is 12.3. The number of carbonyl (C=O) groups is 1. The summed E-state index contributed by atoms with van der Waals surface area (Å²) in [6, 6.07) is 0. The summed E-state index contributed by atoms with van der Waals surface area (Å²) in [5, 5.41) is 17.7. The fourth-order valence-electron chi connectivity index (χ4n) is 3.13. The van der Waals surface area contributed by atoms with E-state index in [4.69, 9.17) is 14.9 Å². The fraction of sp³-hybridized carbons (Fsp3) is 0.955. The molecule has 0 spiro atoms. The Hall–Kier alpha value is -0.610. The molecular formula is C22H44O4. The zero-order chi connectivity index (χ0) is 19.3. The van der Waals surface area contributed by atoms with E-state index in [-0.39, 0.29) is 19.2 Å². The molecule has 0 aliphatic carbocycles. The lowest BCUT2D eigenvalue weighted by Crippen LogP contribution is -2.21. The van der Waals surface area contributed by atoms with Crippen molar-refractivity contribution < 1.29 is 19.7 Å². The number of esters is 1. The highest BCUT2D eigenvalue weighted by atomic mass is 16.5. The SMILES string of the molecule is CCCCCCCCCCCCCCCCCCC(=O)OC[C@H](O)CO. The fourth-order valence-corrected chi connectivity index (χ4v) is 3.13. The molecule has 0 amide bonds. The first-order valence-electron chi connectivity index (χ1n) is 11.1. The van der Waals surface area contributed by atoms with Crippen LogP contribution in [0.25, 0.3) is 0 Å². The van der Waals surface area contributed by atoms with Gasteiger partial charge < -0.3 is 14.9 Å². The van der Waals surface area contributed by atoms with Gasteiger partial charge in [-0.05, 0) is 6.42 Å². The number of unbranched alkanes of at least 4 members (excludes halogenated alkanes) is 15. The molecule has 0 saturated heterocycles. The summed E-state index contributed by atoms with van der Waals surface area (Å²) < 4.78 is 4.87. The summed E-state index contributed by atoms with van der Waals surface area (Å²) in [6.45, 7) is 1.80. The number of hydrogen-bond acceptors (Lipinski definition) is 4. The van der Waals surface area contributed by atoms with Gasteiger partial charge in [-0.1, -0.05) is 103 Å². The highest BCUT2D eigenvalue weighted by Gasteiger charge is 2.07. The van der Waals surface area contributed by atoms with Crippen molar-refractivity contribution in [3.8, 4) is 0 Å². The van der Waals surface area contributed by atoms with Crippen molar-refractivity contribution in [1.29, 1.82) is 0 Å². The first kappa shape index (κ1) is 25.4. The smallest absolute Gasteiger partial charge is 0.305 e. The first-order valence-corrected chi connectivity index (χ1v) is 11.1. The van der Waals surface area contributed by atoms with Gasteiger partial charge in [-0.3, -0.25) is 4.79 Å². The monoisotopic (exact) mass is 372 g/mol. The number of carbonyl (C=O) groups excluding carboxylic acids is 1. The highest BCUT2D eigenvalue weighted by molar-refractivity contribution is 5.69. The third-order valence-electron chi connectivity index (χ3n) is 4.88. The van der Waals surface area contributed by atoms with Crippen molar-refractivity contribution >= 4 is 5.97 Å². The van der Waals surface area contributed by atoms with Crippen LogP contribution in [0.3, 0.4) is 0 Å². The lowest BCUT2D eigenvalue weighted by atomic mass is 10.0. The van der Waals surface area contributed by atoms with Gasteiger partial charge in [0.1, 0.15) is 12.7 Å². The number of aliphatic hydroxyl groups is 2. The minimum atomic E-state index is -0.954. The number of hydrogen-bond donors (Lipinski definition) is 2. The van der Waals surface area contributed by atoms with Crippen LogP contribution >= 0.6 is 0 Å². The van der Waals surface area contributed by atoms with E-state index in [1.54, 1.807) is 0 Å². The molecule has 0 aliphatic heterocycles. The van der Waals surface area contributed by atoms with Gasteiger partial charge in [-0.15, -0.1) is 0 Å². The Morgan fingerprint density at radius 2 is 1.12 bits per heavy atom. The van der Waals surface area contributed by atoms with Crippen molar-refractivity contribution in [2.24, 2.45) is 0 Å². The van der Waals surface area contributed by atoms with Crippen LogP contribution in [0, 0.1) is 0 Å². The molecule has 0 aromatic rings. The van der Waals surface area contributed by atoms with Crippen molar-refractivity contribution in [3.05, 3.63) is 0 Å². The molecule has 0 aromatic carbocycles. The Kier molecular flexibility index (Phi) is 20.2. The summed E-state index contributed by atoms with van der Waals surface area (Å²) in [5.41, 5.74) is 0. The number of aliphatic hydroxyl groups excluding tert-OH is 2. The standard InChI is InChI=1S/C22H44O4/c1-2-3-4-5-6-7-8-9-10-11-12-13-14-15-16-17-18-22(25)26-20-21(24)19-23/h21,23-24H,2-20H2,1H3/t21-/m1/s1. The van der Waals surface area contributed by atoms with Crippen molar-refractivity contribution in [2.75, 3.05) is 13.2 Å². The Balaban J connectivity index is 3.12. The van der Waals surface area contributed by atoms with Gasteiger partial charge >= 0.3 is 5.97 Å². The minimum Gasteiger partial charge on any atom is -0.463 e. The van der Waals surface area contributed by atoms with Crippen LogP contribution in [0.15, 0.2) is 0 Å². The molecule has 2 N–H and O–H groups in total. The summed E-state index contributed by atoms with van der Waals surface area (Å²) in [4.78, 5) is 11.4. The molecule has 4 heteroatoms. The molecule has 0 heterocycles. The summed E-state index contributed by atoms with van der Waals surface area (Å²) in [6.07, 6.45) is 20.5. The maximum Gasteiger partial charge on any atom is 0.305 e. The van der Waals surface area contributed by atoms with E-state index in [0.717, 1.165) is 12.8 Å². The Morgan fingerprint density at radius 1 is 0.731 bits per heavy atom. The molecule has 0 radical (unpaired) electrons. The van der Waals surface area contributed by atoms with Gasteiger partial charge in [0.15, 0.2) is 0 Å². The van der Waals surface area contributed by atoms with Crippen LogP contribution < -0.4 is 0 Å². The van der Waals surface area contributed by atoms with E-state index < -0.39 is 6.10 Å². The quantitative estimate of drug-likeness (QED) is 0.218. The summed E-state index contributed by atoms with van der Waals surface area (Å²) in [7, 11) is 0. The third-order valence-corrected chi connectivity index (χ3v) is 4.88. The van der Waals surface area contributed by atoms with Crippen LogP contribution in [0.5, 0.6) is 0 Å². The van der Waals surface area contributed by atoms with Gasteiger partial charge in [0.2, 0.25) is 0 Å². The molecule has 0 rings (SSSR count). The molecule has 0 unspecified atom stereocenters. The molecule has 0 aliphatic rings. The second-order valence-electron chi connectivity index (χ2n) is 7.57. The van der Waals surface area contributed by atoms with E-state index in [0.29, 0.717) is 6.42 Å². The summed E-state index contributed by atoms with van der Waals surface area (Å²) in [5.74, 6) is -0.275. The average Bonchev–Trinajstić information content (AvgIpc) is 2.65. The van der Waals surface area contributed by atoms with E-state index >= 15 is 0 Å². The largest absolute Gasteiger partial charge is 0.463 e. The second kappa shape index (κ2) is 20.7. The Bertz CT molecular complexity index is 294. The minimum absolute atomic E-state index is 0.103. The lowest BCUT2D eigenvalue weighted by molar-refractivity contribution is -0.147. The van der Waals surface area contributed by atoms with Crippen LogP contribution in [0.2, 0.25) is 0 Å². The highest BCUT2D eigenvalue weighted by Crippen LogP contribution is 2.14. The van der Waals surface area contributed by atoms with Crippen molar-refractivity contribution in [2.45, 2.75) is 122 Å². The van der Waals surface area contributed by atoms with Crippen LogP contribution in [-0.4, -0.2) is 35.5 Å². The summed E-state index contributed by atoms with van der Waals surface area (Å²) >= 11 is 0. The van der Waals surface area contributed by atoms with Crippen LogP contribution in [0.4, 0.5) is 0 Å². The predicted octanol–water partition coefficient (Wildman–Crippen LogP) is 5.53. The Labute approximate surface area is 161 Å². The molecule has 0 saturated carbocycles. The topological polar surface area (TPSA) is 66.8 Å². The zero-order valence-electron chi connectivity index (χ0n) is 17.2. The zero-order valence-corrected chi connectivity index (χ0v) is 17.2. The van der Waals surface area contributed by atoms with Gasteiger partial charge in [-0.2, -0.15) is 0 Å². The van der Waals surface area contributed by atoms with Crippen LogP contribution in [0.1, 0.15) is 116 Å². The number of ether oxygens (including phenoxy) is 1. The van der Waals surface area contributed by atoms with E-state index in [9.17, 15) is 4.79 Å². The lowest BCUT2D eigenvalue weighted by Gasteiger charge is -2.08. The maximum atomic E-state index is 11.4. The van der Waals surface area contributed by atoms with Crippen molar-refractivity contribution in [1.82, 2.24) is 0 Å².